The fourth-order valence-corrected chi connectivity index (χ4v) is 3.81. The minimum Gasteiger partial charge on any atom is -0.504 e. The van der Waals surface area contributed by atoms with E-state index < -0.39 is 16.0 Å². The number of phenols is 1. The fourth-order valence-electron chi connectivity index (χ4n) is 2.61. The molecule has 0 fully saturated rings. The second kappa shape index (κ2) is 7.69. The van der Waals surface area contributed by atoms with Crippen molar-refractivity contribution in [3.8, 4) is 11.5 Å². The van der Waals surface area contributed by atoms with Crippen LogP contribution in [0, 0.1) is 0 Å². The van der Waals surface area contributed by atoms with Gasteiger partial charge in [0, 0.05) is 5.56 Å². The van der Waals surface area contributed by atoms with Crippen LogP contribution >= 0.6 is 0 Å². The first-order chi connectivity index (χ1) is 13.3. The monoisotopic (exact) mass is 403 g/mol. The molecule has 0 aromatic heterocycles. The number of carboxylic acid groups (broad SMARTS) is 1. The Balaban J connectivity index is 1.98. The Morgan fingerprint density at radius 1 is 1.29 bits per heavy atom. The molecule has 0 saturated heterocycles. The zero-order valence-electron chi connectivity index (χ0n) is 14.8. The summed E-state index contributed by atoms with van der Waals surface area (Å²) in [5.74, 6) is -0.796. The van der Waals surface area contributed by atoms with E-state index in [9.17, 15) is 18.3 Å². The summed E-state index contributed by atoms with van der Waals surface area (Å²) in [4.78, 5) is 11.1. The highest BCUT2D eigenvalue weighted by Gasteiger charge is 2.31. The number of phenolic OH excluding ortho intramolecular Hbond substituents is 1. The van der Waals surface area contributed by atoms with Gasteiger partial charge < -0.3 is 14.9 Å². The SMILES string of the molecule is COc1cc(/C=N/N(CCC(=O)O)C2=NS(=O)(=O)c3ccccc32)ccc1O. The van der Waals surface area contributed by atoms with Gasteiger partial charge in [0.05, 0.1) is 26.3 Å². The van der Waals surface area contributed by atoms with Crippen LogP contribution in [0.5, 0.6) is 11.5 Å². The lowest BCUT2D eigenvalue weighted by Crippen LogP contribution is -2.28. The molecule has 146 valence electrons. The first kappa shape index (κ1) is 19.4. The van der Waals surface area contributed by atoms with Crippen molar-refractivity contribution in [3.63, 3.8) is 0 Å². The smallest absolute Gasteiger partial charge is 0.305 e. The number of ether oxygens (including phenoxy) is 1. The largest absolute Gasteiger partial charge is 0.504 e. The molecule has 28 heavy (non-hydrogen) atoms. The average Bonchev–Trinajstić information content (AvgIpc) is 2.94. The first-order valence-corrected chi connectivity index (χ1v) is 9.60. The maximum atomic E-state index is 12.3. The van der Waals surface area contributed by atoms with E-state index in [2.05, 4.69) is 9.50 Å². The standard InChI is InChI=1S/C18H17N3O6S/c1-27-15-10-12(6-7-14(15)22)11-19-21(9-8-17(23)24)18-13-4-2-3-5-16(13)28(25,26)20-18/h2-7,10-11,22H,8-9H2,1H3,(H,23,24)/b19-11+. The van der Waals surface area contributed by atoms with E-state index >= 15 is 0 Å². The van der Waals surface area contributed by atoms with Crippen molar-refractivity contribution < 1.29 is 28.2 Å². The van der Waals surface area contributed by atoms with Crippen LogP contribution in [-0.2, 0) is 14.8 Å². The Morgan fingerprint density at radius 2 is 2.04 bits per heavy atom. The molecule has 0 aliphatic carbocycles. The quantitative estimate of drug-likeness (QED) is 0.554. The van der Waals surface area contributed by atoms with E-state index in [1.54, 1.807) is 24.3 Å². The van der Waals surface area contributed by atoms with Crippen molar-refractivity contribution in [1.82, 2.24) is 5.01 Å². The number of hydrogen-bond acceptors (Lipinski definition) is 7. The first-order valence-electron chi connectivity index (χ1n) is 8.16. The van der Waals surface area contributed by atoms with Crippen LogP contribution in [0.2, 0.25) is 0 Å². The van der Waals surface area contributed by atoms with Gasteiger partial charge in [0.2, 0.25) is 0 Å². The molecule has 1 aliphatic rings. The molecule has 0 bridgehead atoms. The predicted octanol–water partition coefficient (Wildman–Crippen LogP) is 1.66. The summed E-state index contributed by atoms with van der Waals surface area (Å²) in [5, 5.41) is 24.1. The summed E-state index contributed by atoms with van der Waals surface area (Å²) in [6.45, 7) is -0.0796. The van der Waals surface area contributed by atoms with E-state index in [0.29, 0.717) is 11.1 Å². The Kier molecular flexibility index (Phi) is 5.32. The third-order valence-corrected chi connectivity index (χ3v) is 5.27. The van der Waals surface area contributed by atoms with Gasteiger partial charge in [0.1, 0.15) is 4.90 Å². The number of sulfonamides is 1. The number of fused-ring (bicyclic) bond motifs is 1. The molecule has 9 nitrogen and oxygen atoms in total. The number of hydrazone groups is 1. The van der Waals surface area contributed by atoms with Gasteiger partial charge in [-0.1, -0.05) is 12.1 Å². The zero-order chi connectivity index (χ0) is 20.3. The molecule has 1 aliphatic heterocycles. The maximum Gasteiger partial charge on any atom is 0.305 e. The Morgan fingerprint density at radius 3 is 2.75 bits per heavy atom. The summed E-state index contributed by atoms with van der Waals surface area (Å²) in [6, 6.07) is 10.8. The highest BCUT2D eigenvalue weighted by molar-refractivity contribution is 7.90. The molecule has 0 atom stereocenters. The molecule has 2 aromatic carbocycles. The molecule has 0 unspecified atom stereocenters. The Bertz CT molecular complexity index is 1080. The van der Waals surface area contributed by atoms with E-state index in [1.165, 1.54) is 36.5 Å². The molecule has 0 amide bonds. The summed E-state index contributed by atoms with van der Waals surface area (Å²) in [5.41, 5.74) is 0.915. The van der Waals surface area contributed by atoms with Gasteiger partial charge in [-0.25, -0.2) is 5.01 Å². The number of aliphatic carboxylic acids is 1. The summed E-state index contributed by atoms with van der Waals surface area (Å²) in [6.07, 6.45) is 1.14. The summed E-state index contributed by atoms with van der Waals surface area (Å²) in [7, 11) is -2.46. The molecule has 0 spiro atoms. The number of hydrogen-bond donors (Lipinski definition) is 2. The lowest BCUT2D eigenvalue weighted by Gasteiger charge is -2.18. The van der Waals surface area contributed by atoms with Crippen molar-refractivity contribution in [1.29, 1.82) is 0 Å². The van der Waals surface area contributed by atoms with Gasteiger partial charge in [-0.05, 0) is 35.9 Å². The van der Waals surface area contributed by atoms with Gasteiger partial charge in [0.15, 0.2) is 17.3 Å². The number of nitrogens with zero attached hydrogens (tertiary/aromatic N) is 3. The van der Waals surface area contributed by atoms with E-state index in [1.807, 2.05) is 0 Å². The second-order valence-electron chi connectivity index (χ2n) is 5.83. The van der Waals surface area contributed by atoms with Crippen molar-refractivity contribution in [3.05, 3.63) is 53.6 Å². The molecule has 0 saturated carbocycles. The van der Waals surface area contributed by atoms with Crippen LogP contribution in [0.25, 0.3) is 0 Å². The minimum absolute atomic E-state index is 0.0393. The van der Waals surface area contributed by atoms with Crippen molar-refractivity contribution in [2.75, 3.05) is 13.7 Å². The molecule has 2 aromatic rings. The van der Waals surface area contributed by atoms with Gasteiger partial charge >= 0.3 is 5.97 Å². The van der Waals surface area contributed by atoms with Gasteiger partial charge in [-0.3, -0.25) is 4.79 Å². The Labute approximate surface area is 161 Å². The van der Waals surface area contributed by atoms with Crippen LogP contribution in [0.15, 0.2) is 56.9 Å². The molecule has 2 N–H and O–H groups in total. The number of aromatic hydroxyl groups is 1. The molecule has 0 radical (unpaired) electrons. The lowest BCUT2D eigenvalue weighted by molar-refractivity contribution is -0.137. The topological polar surface area (TPSA) is 129 Å². The zero-order valence-corrected chi connectivity index (χ0v) is 15.6. The van der Waals surface area contributed by atoms with Crippen LogP contribution in [0.3, 0.4) is 0 Å². The number of benzene rings is 2. The maximum absolute atomic E-state index is 12.3. The van der Waals surface area contributed by atoms with Gasteiger partial charge in [-0.15, -0.1) is 4.40 Å². The highest BCUT2D eigenvalue weighted by Crippen LogP contribution is 2.28. The lowest BCUT2D eigenvalue weighted by atomic mass is 10.2. The number of amidine groups is 1. The van der Waals surface area contributed by atoms with Crippen molar-refractivity contribution in [2.24, 2.45) is 9.50 Å². The van der Waals surface area contributed by atoms with Crippen LogP contribution in [0.1, 0.15) is 17.5 Å². The number of methoxy groups -OCH3 is 1. The summed E-state index contributed by atoms with van der Waals surface area (Å²) >= 11 is 0. The summed E-state index contributed by atoms with van der Waals surface area (Å²) < 4.78 is 33.4. The van der Waals surface area contributed by atoms with Gasteiger partial charge in [-0.2, -0.15) is 13.5 Å². The van der Waals surface area contributed by atoms with E-state index in [-0.39, 0.29) is 35.2 Å². The van der Waals surface area contributed by atoms with Crippen LogP contribution < -0.4 is 4.74 Å². The molecular formula is C18H17N3O6S. The molecule has 1 heterocycles. The fraction of sp³-hybridized carbons (Fsp3) is 0.167. The third-order valence-electron chi connectivity index (χ3n) is 3.94. The highest BCUT2D eigenvalue weighted by atomic mass is 32.2. The normalized spacial score (nSPS) is 14.5. The number of carboxylic acids is 1. The predicted molar refractivity (Wildman–Crippen MR) is 101 cm³/mol. The van der Waals surface area contributed by atoms with E-state index in [4.69, 9.17) is 9.84 Å². The third kappa shape index (κ3) is 3.96. The van der Waals surface area contributed by atoms with Crippen molar-refractivity contribution in [2.45, 2.75) is 11.3 Å². The van der Waals surface area contributed by atoms with Crippen LogP contribution in [0.4, 0.5) is 0 Å². The number of carbonyl (C=O) groups is 1. The van der Waals surface area contributed by atoms with Crippen molar-refractivity contribution >= 4 is 28.0 Å². The Hall–Kier alpha value is -3.40. The van der Waals surface area contributed by atoms with Crippen LogP contribution in [-0.4, -0.2) is 55.3 Å². The molecular weight excluding hydrogens is 386 g/mol. The molecule has 10 heteroatoms. The second-order valence-corrected chi connectivity index (χ2v) is 7.40. The van der Waals surface area contributed by atoms with E-state index in [0.717, 1.165) is 0 Å². The average molecular weight is 403 g/mol. The minimum atomic E-state index is -3.87. The van der Waals surface area contributed by atoms with Gasteiger partial charge in [0.25, 0.3) is 10.0 Å². The number of rotatable bonds is 6. The molecule has 3 rings (SSSR count).